The fraction of sp³-hybridized carbons (Fsp3) is 0.357. The summed E-state index contributed by atoms with van der Waals surface area (Å²) in [4.78, 5) is 10.4. The molecule has 1 aromatic carbocycles. The van der Waals surface area contributed by atoms with Crippen molar-refractivity contribution in [3.63, 3.8) is 0 Å². The molecule has 1 atom stereocenters. The number of allylic oxidation sites excluding steroid dienone is 2. The molecule has 1 nitrogen and oxygen atoms in total. The van der Waals surface area contributed by atoms with Gasteiger partial charge in [0.2, 0.25) is 0 Å². The van der Waals surface area contributed by atoms with Gasteiger partial charge in [-0.05, 0) is 43.2 Å². The molecule has 0 aliphatic heterocycles. The minimum absolute atomic E-state index is 0.617. The van der Waals surface area contributed by atoms with Crippen LogP contribution >= 0.6 is 0 Å². The molecule has 1 saturated carbocycles. The molecule has 0 heterocycles. The lowest BCUT2D eigenvalue weighted by Crippen LogP contribution is -2.06. The molecule has 1 aliphatic carbocycles. The summed E-state index contributed by atoms with van der Waals surface area (Å²) in [6.45, 7) is 0. The molecule has 1 heteroatoms. The fourth-order valence-corrected chi connectivity index (χ4v) is 2.35. The van der Waals surface area contributed by atoms with Crippen LogP contribution in [0.1, 0.15) is 37.2 Å². The molecule has 78 valence electrons. The highest BCUT2D eigenvalue weighted by atomic mass is 16.1. The minimum Gasteiger partial charge on any atom is -0.299 e. The molecule has 0 saturated heterocycles. The number of rotatable bonds is 2. The van der Waals surface area contributed by atoms with E-state index >= 15 is 0 Å². The van der Waals surface area contributed by atoms with E-state index in [1.807, 2.05) is 0 Å². The number of hydrogen-bond donors (Lipinski definition) is 0. The summed E-state index contributed by atoms with van der Waals surface area (Å²) >= 11 is 0. The zero-order valence-electron chi connectivity index (χ0n) is 8.86. The van der Waals surface area contributed by atoms with Crippen LogP contribution in [-0.2, 0) is 4.79 Å². The zero-order valence-corrected chi connectivity index (χ0v) is 8.86. The third-order valence-electron chi connectivity index (χ3n) is 3.13. The van der Waals surface area contributed by atoms with E-state index in [-0.39, 0.29) is 0 Å². The SMILES string of the molecule is O=C/C=C1/CCC[C@@H](c2ccccc2)C1. The summed E-state index contributed by atoms with van der Waals surface area (Å²) in [5, 5.41) is 0. The Bertz CT molecular complexity index is 351. The summed E-state index contributed by atoms with van der Waals surface area (Å²) in [7, 11) is 0. The number of aldehydes is 1. The lowest BCUT2D eigenvalue weighted by molar-refractivity contribution is -0.104. The standard InChI is InChI=1S/C14H16O/c15-10-9-12-5-4-8-14(11-12)13-6-2-1-3-7-13/h1-3,6-7,9-10,14H,4-5,8,11H2/b12-9-/t14-/m1/s1. The van der Waals surface area contributed by atoms with Crippen LogP contribution < -0.4 is 0 Å². The van der Waals surface area contributed by atoms with E-state index < -0.39 is 0 Å². The van der Waals surface area contributed by atoms with Crippen molar-refractivity contribution in [2.75, 3.05) is 0 Å². The van der Waals surface area contributed by atoms with E-state index in [4.69, 9.17) is 0 Å². The molecule has 0 radical (unpaired) electrons. The Labute approximate surface area is 90.8 Å². The van der Waals surface area contributed by atoms with E-state index in [0.717, 1.165) is 19.1 Å². The first kappa shape index (κ1) is 10.2. The monoisotopic (exact) mass is 200 g/mol. The predicted octanol–water partition coefficient (Wildman–Crippen LogP) is 3.47. The van der Waals surface area contributed by atoms with Crippen molar-refractivity contribution in [1.29, 1.82) is 0 Å². The smallest absolute Gasteiger partial charge is 0.142 e. The van der Waals surface area contributed by atoms with Crippen molar-refractivity contribution < 1.29 is 4.79 Å². The van der Waals surface area contributed by atoms with E-state index in [9.17, 15) is 4.79 Å². The number of carbonyl (C=O) groups excluding carboxylic acids is 1. The van der Waals surface area contributed by atoms with Gasteiger partial charge in [0.15, 0.2) is 0 Å². The van der Waals surface area contributed by atoms with Gasteiger partial charge in [0.1, 0.15) is 6.29 Å². The van der Waals surface area contributed by atoms with Crippen LogP contribution in [0.3, 0.4) is 0 Å². The normalized spacial score (nSPS) is 24.0. The van der Waals surface area contributed by atoms with Crippen molar-refractivity contribution in [2.45, 2.75) is 31.6 Å². The van der Waals surface area contributed by atoms with Gasteiger partial charge in [0.25, 0.3) is 0 Å². The highest BCUT2D eigenvalue weighted by Gasteiger charge is 2.17. The van der Waals surface area contributed by atoms with Gasteiger partial charge in [0.05, 0.1) is 0 Å². The first-order chi connectivity index (χ1) is 7.40. The Morgan fingerprint density at radius 1 is 1.20 bits per heavy atom. The van der Waals surface area contributed by atoms with Crippen LogP contribution in [0, 0.1) is 0 Å². The lowest BCUT2D eigenvalue weighted by Gasteiger charge is -2.24. The molecule has 0 amide bonds. The number of hydrogen-bond acceptors (Lipinski definition) is 1. The van der Waals surface area contributed by atoms with E-state index in [1.165, 1.54) is 24.0 Å². The van der Waals surface area contributed by atoms with E-state index in [0.29, 0.717) is 5.92 Å². The predicted molar refractivity (Wildman–Crippen MR) is 61.8 cm³/mol. The highest BCUT2D eigenvalue weighted by molar-refractivity contribution is 5.66. The quantitative estimate of drug-likeness (QED) is 0.527. The van der Waals surface area contributed by atoms with Crippen molar-refractivity contribution in [3.05, 3.63) is 47.5 Å². The zero-order chi connectivity index (χ0) is 10.5. The summed E-state index contributed by atoms with van der Waals surface area (Å²) in [5.74, 6) is 0.617. The Kier molecular flexibility index (Phi) is 3.33. The van der Waals surface area contributed by atoms with Crippen molar-refractivity contribution >= 4 is 6.29 Å². The minimum atomic E-state index is 0.617. The maximum absolute atomic E-state index is 10.4. The van der Waals surface area contributed by atoms with Gasteiger partial charge in [-0.1, -0.05) is 35.9 Å². The van der Waals surface area contributed by atoms with Gasteiger partial charge in [0, 0.05) is 0 Å². The van der Waals surface area contributed by atoms with Gasteiger partial charge >= 0.3 is 0 Å². The Morgan fingerprint density at radius 2 is 2.00 bits per heavy atom. The maximum Gasteiger partial charge on any atom is 0.142 e. The molecule has 1 fully saturated rings. The molecule has 0 bridgehead atoms. The number of benzene rings is 1. The molecule has 1 aliphatic rings. The Balaban J connectivity index is 2.11. The van der Waals surface area contributed by atoms with Crippen LogP contribution in [0.15, 0.2) is 42.0 Å². The third-order valence-corrected chi connectivity index (χ3v) is 3.13. The van der Waals surface area contributed by atoms with Crippen LogP contribution in [0.2, 0.25) is 0 Å². The first-order valence-corrected chi connectivity index (χ1v) is 5.58. The first-order valence-electron chi connectivity index (χ1n) is 5.58. The molecule has 0 unspecified atom stereocenters. The topological polar surface area (TPSA) is 17.1 Å². The molecular weight excluding hydrogens is 184 g/mol. The highest BCUT2D eigenvalue weighted by Crippen LogP contribution is 2.35. The summed E-state index contributed by atoms with van der Waals surface area (Å²) in [5.41, 5.74) is 2.72. The van der Waals surface area contributed by atoms with Crippen LogP contribution in [0.5, 0.6) is 0 Å². The van der Waals surface area contributed by atoms with Gasteiger partial charge < -0.3 is 0 Å². The molecule has 0 spiro atoms. The second kappa shape index (κ2) is 4.92. The molecule has 15 heavy (non-hydrogen) atoms. The summed E-state index contributed by atoms with van der Waals surface area (Å²) < 4.78 is 0. The van der Waals surface area contributed by atoms with Gasteiger partial charge in [-0.25, -0.2) is 0 Å². The van der Waals surface area contributed by atoms with Gasteiger partial charge in [-0.3, -0.25) is 4.79 Å². The molecule has 2 rings (SSSR count). The third kappa shape index (κ3) is 2.56. The van der Waals surface area contributed by atoms with Crippen molar-refractivity contribution in [3.8, 4) is 0 Å². The number of carbonyl (C=O) groups is 1. The average molecular weight is 200 g/mol. The van der Waals surface area contributed by atoms with E-state index in [1.54, 1.807) is 6.08 Å². The largest absolute Gasteiger partial charge is 0.299 e. The van der Waals surface area contributed by atoms with Crippen LogP contribution in [0.4, 0.5) is 0 Å². The van der Waals surface area contributed by atoms with Crippen molar-refractivity contribution in [2.24, 2.45) is 0 Å². The molecule has 0 N–H and O–H groups in total. The fourth-order valence-electron chi connectivity index (χ4n) is 2.35. The Hall–Kier alpha value is -1.37. The summed E-state index contributed by atoms with van der Waals surface area (Å²) in [6, 6.07) is 10.6. The van der Waals surface area contributed by atoms with Gasteiger partial charge in [-0.15, -0.1) is 0 Å². The second-order valence-corrected chi connectivity index (χ2v) is 4.16. The second-order valence-electron chi connectivity index (χ2n) is 4.16. The molecule has 0 aromatic heterocycles. The lowest BCUT2D eigenvalue weighted by atomic mass is 9.81. The van der Waals surface area contributed by atoms with Crippen LogP contribution in [0.25, 0.3) is 0 Å². The van der Waals surface area contributed by atoms with E-state index in [2.05, 4.69) is 30.3 Å². The average Bonchev–Trinajstić information content (AvgIpc) is 2.31. The Morgan fingerprint density at radius 3 is 2.73 bits per heavy atom. The maximum atomic E-state index is 10.4. The molecular formula is C14H16O. The summed E-state index contributed by atoms with van der Waals surface area (Å²) in [6.07, 6.45) is 7.28. The van der Waals surface area contributed by atoms with Crippen molar-refractivity contribution in [1.82, 2.24) is 0 Å². The van der Waals surface area contributed by atoms with Crippen LogP contribution in [-0.4, -0.2) is 6.29 Å². The molecule has 1 aromatic rings. The van der Waals surface area contributed by atoms with Gasteiger partial charge in [-0.2, -0.15) is 0 Å².